The van der Waals surface area contributed by atoms with Crippen molar-refractivity contribution in [1.29, 1.82) is 0 Å². The topological polar surface area (TPSA) is 91.3 Å². The third-order valence-corrected chi connectivity index (χ3v) is 3.41. The summed E-state index contributed by atoms with van der Waals surface area (Å²) in [7, 11) is 0. The SMILES string of the molecule is Cc1cnc(NC(=O)Nc2c(C)cccc2C(=O)O)s1. The van der Waals surface area contributed by atoms with Crippen molar-refractivity contribution in [2.75, 3.05) is 10.6 Å². The Morgan fingerprint density at radius 3 is 2.60 bits per heavy atom. The molecule has 2 aromatic rings. The van der Waals surface area contributed by atoms with Crippen LogP contribution in [-0.2, 0) is 0 Å². The zero-order valence-electron chi connectivity index (χ0n) is 10.9. The summed E-state index contributed by atoms with van der Waals surface area (Å²) < 4.78 is 0. The molecule has 0 radical (unpaired) electrons. The standard InChI is InChI=1S/C13H13N3O3S/c1-7-4-3-5-9(11(17)18)10(7)15-12(19)16-13-14-6-8(2)20-13/h3-6H,1-2H3,(H,17,18)(H2,14,15,16,19). The van der Waals surface area contributed by atoms with Gasteiger partial charge in [-0.2, -0.15) is 0 Å². The lowest BCUT2D eigenvalue weighted by Crippen LogP contribution is -2.21. The molecular weight excluding hydrogens is 278 g/mol. The number of amides is 2. The van der Waals surface area contributed by atoms with Crippen molar-refractivity contribution in [2.24, 2.45) is 0 Å². The highest BCUT2D eigenvalue weighted by Crippen LogP contribution is 2.22. The predicted molar refractivity (Wildman–Crippen MR) is 77.6 cm³/mol. The number of urea groups is 1. The third kappa shape index (κ3) is 3.12. The molecule has 0 saturated carbocycles. The maximum Gasteiger partial charge on any atom is 0.337 e. The van der Waals surface area contributed by atoms with E-state index in [0.29, 0.717) is 10.7 Å². The molecule has 0 atom stereocenters. The highest BCUT2D eigenvalue weighted by molar-refractivity contribution is 7.15. The fourth-order valence-corrected chi connectivity index (χ4v) is 2.33. The van der Waals surface area contributed by atoms with Gasteiger partial charge < -0.3 is 10.4 Å². The summed E-state index contributed by atoms with van der Waals surface area (Å²) in [5.41, 5.74) is 1.01. The Balaban J connectivity index is 2.17. The van der Waals surface area contributed by atoms with Crippen molar-refractivity contribution < 1.29 is 14.7 Å². The molecule has 0 unspecified atom stereocenters. The summed E-state index contributed by atoms with van der Waals surface area (Å²) in [4.78, 5) is 28.0. The van der Waals surface area contributed by atoms with Crippen molar-refractivity contribution in [2.45, 2.75) is 13.8 Å². The number of carboxylic acid groups (broad SMARTS) is 1. The fourth-order valence-electron chi connectivity index (χ4n) is 1.67. The largest absolute Gasteiger partial charge is 0.478 e. The molecule has 20 heavy (non-hydrogen) atoms. The van der Waals surface area contributed by atoms with Crippen molar-refractivity contribution in [3.63, 3.8) is 0 Å². The molecule has 0 aliphatic heterocycles. The molecule has 0 aliphatic rings. The second-order valence-electron chi connectivity index (χ2n) is 4.16. The van der Waals surface area contributed by atoms with Gasteiger partial charge >= 0.3 is 12.0 Å². The predicted octanol–water partition coefficient (Wildman–Crippen LogP) is 3.10. The lowest BCUT2D eigenvalue weighted by atomic mass is 10.1. The van der Waals surface area contributed by atoms with Gasteiger partial charge in [-0.1, -0.05) is 12.1 Å². The van der Waals surface area contributed by atoms with E-state index >= 15 is 0 Å². The number of carbonyl (C=O) groups is 2. The number of aromatic nitrogens is 1. The fraction of sp³-hybridized carbons (Fsp3) is 0.154. The summed E-state index contributed by atoms with van der Waals surface area (Å²) >= 11 is 1.34. The van der Waals surface area contributed by atoms with Crippen molar-refractivity contribution in [1.82, 2.24) is 4.98 Å². The summed E-state index contributed by atoms with van der Waals surface area (Å²) in [5.74, 6) is -1.09. The number of aryl methyl sites for hydroxylation is 2. The molecule has 1 aromatic carbocycles. The number of nitrogens with one attached hydrogen (secondary N) is 2. The quantitative estimate of drug-likeness (QED) is 0.810. The van der Waals surface area contributed by atoms with Crippen LogP contribution in [0.25, 0.3) is 0 Å². The number of carbonyl (C=O) groups excluding carboxylic acids is 1. The van der Waals surface area contributed by atoms with Crippen molar-refractivity contribution >= 4 is 34.2 Å². The summed E-state index contributed by atoms with van der Waals surface area (Å²) in [6.45, 7) is 3.61. The lowest BCUT2D eigenvalue weighted by Gasteiger charge is -2.11. The molecule has 0 aliphatic carbocycles. The van der Waals surface area contributed by atoms with Gasteiger partial charge in [0, 0.05) is 11.1 Å². The van der Waals surface area contributed by atoms with Crippen molar-refractivity contribution in [3.05, 3.63) is 40.4 Å². The highest BCUT2D eigenvalue weighted by atomic mass is 32.1. The van der Waals surface area contributed by atoms with E-state index in [-0.39, 0.29) is 11.3 Å². The van der Waals surface area contributed by atoms with Crippen LogP contribution in [0.2, 0.25) is 0 Å². The number of anilines is 2. The first kappa shape index (κ1) is 14.0. The van der Waals surface area contributed by atoms with Gasteiger partial charge in [-0.15, -0.1) is 11.3 Å². The van der Waals surface area contributed by atoms with E-state index in [4.69, 9.17) is 5.11 Å². The second-order valence-corrected chi connectivity index (χ2v) is 5.39. The first-order chi connectivity index (χ1) is 9.47. The Labute approximate surface area is 119 Å². The molecule has 0 bridgehead atoms. The van der Waals surface area contributed by atoms with Crippen LogP contribution in [0.4, 0.5) is 15.6 Å². The molecule has 104 valence electrons. The average Bonchev–Trinajstić information content (AvgIpc) is 2.77. The van der Waals surface area contributed by atoms with Gasteiger partial charge in [-0.25, -0.2) is 14.6 Å². The van der Waals surface area contributed by atoms with Crippen LogP contribution >= 0.6 is 11.3 Å². The summed E-state index contributed by atoms with van der Waals surface area (Å²) in [5, 5.41) is 14.7. The first-order valence-corrected chi connectivity index (χ1v) is 6.62. The molecule has 7 heteroatoms. The van der Waals surface area contributed by atoms with Gasteiger partial charge in [0.05, 0.1) is 11.3 Å². The maximum absolute atomic E-state index is 11.9. The Kier molecular flexibility index (Phi) is 3.99. The van der Waals surface area contributed by atoms with Crippen LogP contribution in [-0.4, -0.2) is 22.1 Å². The highest BCUT2D eigenvalue weighted by Gasteiger charge is 2.15. The number of thiazole rings is 1. The number of benzene rings is 1. The van der Waals surface area contributed by atoms with Crippen molar-refractivity contribution in [3.8, 4) is 0 Å². The molecule has 2 rings (SSSR count). The summed E-state index contributed by atoms with van der Waals surface area (Å²) in [6.07, 6.45) is 1.65. The zero-order valence-corrected chi connectivity index (χ0v) is 11.7. The Morgan fingerprint density at radius 2 is 2.00 bits per heavy atom. The first-order valence-electron chi connectivity index (χ1n) is 5.80. The third-order valence-electron chi connectivity index (χ3n) is 2.58. The zero-order chi connectivity index (χ0) is 14.7. The molecule has 2 amide bonds. The Hall–Kier alpha value is -2.41. The molecule has 3 N–H and O–H groups in total. The van der Waals surface area contributed by atoms with E-state index in [2.05, 4.69) is 15.6 Å². The molecule has 0 saturated heterocycles. The number of rotatable bonds is 3. The van der Waals surface area contributed by atoms with Crippen LogP contribution in [0.1, 0.15) is 20.8 Å². The minimum Gasteiger partial charge on any atom is -0.478 e. The number of hydrogen-bond donors (Lipinski definition) is 3. The van der Waals surface area contributed by atoms with E-state index in [1.165, 1.54) is 17.4 Å². The van der Waals surface area contributed by atoms with Crippen LogP contribution in [0.3, 0.4) is 0 Å². The lowest BCUT2D eigenvalue weighted by molar-refractivity contribution is 0.0698. The average molecular weight is 291 g/mol. The van der Waals surface area contributed by atoms with Gasteiger partial charge in [0.15, 0.2) is 5.13 Å². The van der Waals surface area contributed by atoms with E-state index in [9.17, 15) is 9.59 Å². The van der Waals surface area contributed by atoms with Crippen LogP contribution in [0.15, 0.2) is 24.4 Å². The minimum absolute atomic E-state index is 0.0514. The monoisotopic (exact) mass is 291 g/mol. The number of aromatic carboxylic acids is 1. The normalized spacial score (nSPS) is 10.1. The van der Waals surface area contributed by atoms with E-state index in [1.807, 2.05) is 6.92 Å². The smallest absolute Gasteiger partial charge is 0.337 e. The Morgan fingerprint density at radius 1 is 1.25 bits per heavy atom. The van der Waals surface area contributed by atoms with Gasteiger partial charge in [0.2, 0.25) is 0 Å². The van der Waals surface area contributed by atoms with Crippen LogP contribution < -0.4 is 10.6 Å². The maximum atomic E-state index is 11.9. The van der Waals surface area contributed by atoms with Gasteiger partial charge in [-0.05, 0) is 25.5 Å². The van der Waals surface area contributed by atoms with Gasteiger partial charge in [0.1, 0.15) is 0 Å². The Bertz CT molecular complexity index is 667. The molecule has 1 heterocycles. The molecule has 0 fully saturated rings. The van der Waals surface area contributed by atoms with E-state index in [1.54, 1.807) is 25.3 Å². The molecule has 0 spiro atoms. The molecule has 1 aromatic heterocycles. The molecule has 6 nitrogen and oxygen atoms in total. The van der Waals surface area contributed by atoms with Gasteiger partial charge in [0.25, 0.3) is 0 Å². The number of para-hydroxylation sites is 1. The summed E-state index contributed by atoms with van der Waals surface area (Å²) in [6, 6.07) is 4.29. The second kappa shape index (κ2) is 5.70. The number of carboxylic acids is 1. The van der Waals surface area contributed by atoms with Crippen LogP contribution in [0.5, 0.6) is 0 Å². The minimum atomic E-state index is -1.09. The van der Waals surface area contributed by atoms with Crippen LogP contribution in [0, 0.1) is 13.8 Å². The van der Waals surface area contributed by atoms with Gasteiger partial charge in [-0.3, -0.25) is 5.32 Å². The number of hydrogen-bond acceptors (Lipinski definition) is 4. The van der Waals surface area contributed by atoms with E-state index < -0.39 is 12.0 Å². The van der Waals surface area contributed by atoms with E-state index in [0.717, 1.165) is 4.88 Å². The molecular formula is C13H13N3O3S. The number of nitrogens with zero attached hydrogens (tertiary/aromatic N) is 1.